The summed E-state index contributed by atoms with van der Waals surface area (Å²) in [6.07, 6.45) is 0. The molecule has 0 atom stereocenters. The second-order valence-corrected chi connectivity index (χ2v) is 3.66. The first-order valence-corrected chi connectivity index (χ1v) is 5.26. The van der Waals surface area contributed by atoms with E-state index in [0.717, 1.165) is 5.33 Å². The fourth-order valence-corrected chi connectivity index (χ4v) is 1.19. The summed E-state index contributed by atoms with van der Waals surface area (Å²) in [6, 6.07) is 3.58. The van der Waals surface area contributed by atoms with E-state index in [-0.39, 0.29) is 0 Å². The second-order valence-electron chi connectivity index (χ2n) is 2.05. The maximum Gasteiger partial charge on any atom is 0.167 e. The quantitative estimate of drug-likeness (QED) is 0.687. The number of ether oxygens (including phenoxy) is 1. The van der Waals surface area contributed by atoms with Gasteiger partial charge in [0.1, 0.15) is 4.60 Å². The van der Waals surface area contributed by atoms with E-state index in [9.17, 15) is 0 Å². The van der Waals surface area contributed by atoms with Crippen LogP contribution in [0, 0.1) is 0 Å². The molecule has 1 rings (SSSR count). The van der Waals surface area contributed by atoms with Crippen LogP contribution in [0.5, 0.6) is 5.75 Å². The highest BCUT2D eigenvalue weighted by molar-refractivity contribution is 9.10. The normalized spacial score (nSPS) is 9.83. The molecule has 5 heteroatoms. The minimum Gasteiger partial charge on any atom is -0.489 e. The molecule has 0 aliphatic carbocycles. The zero-order chi connectivity index (χ0) is 8.97. The van der Waals surface area contributed by atoms with Crippen molar-refractivity contribution in [1.82, 2.24) is 4.98 Å². The van der Waals surface area contributed by atoms with Crippen LogP contribution in [0.15, 0.2) is 16.7 Å². The molecule has 1 heterocycles. The monoisotopic (exact) mass is 294 g/mol. The minimum atomic E-state index is 0.408. The van der Waals surface area contributed by atoms with Crippen molar-refractivity contribution in [3.05, 3.63) is 16.7 Å². The van der Waals surface area contributed by atoms with Crippen LogP contribution in [0.25, 0.3) is 0 Å². The fraction of sp³-hybridized carbons (Fsp3) is 0.286. The van der Waals surface area contributed by atoms with Gasteiger partial charge in [-0.1, -0.05) is 15.9 Å². The number of hydrogen-bond donors (Lipinski definition) is 1. The smallest absolute Gasteiger partial charge is 0.167 e. The molecule has 2 N–H and O–H groups in total. The molecule has 0 saturated heterocycles. The van der Waals surface area contributed by atoms with Gasteiger partial charge in [-0.05, 0) is 28.1 Å². The summed E-state index contributed by atoms with van der Waals surface area (Å²) < 4.78 is 6.00. The minimum absolute atomic E-state index is 0.408. The Morgan fingerprint density at radius 2 is 2.25 bits per heavy atom. The van der Waals surface area contributed by atoms with Gasteiger partial charge in [-0.25, -0.2) is 4.98 Å². The average molecular weight is 296 g/mol. The topological polar surface area (TPSA) is 48.1 Å². The van der Waals surface area contributed by atoms with Crippen LogP contribution in [-0.4, -0.2) is 16.9 Å². The molecule has 1 aromatic heterocycles. The number of rotatable bonds is 3. The highest BCUT2D eigenvalue weighted by Gasteiger charge is 2.00. The van der Waals surface area contributed by atoms with E-state index in [1.165, 1.54) is 0 Å². The number of aromatic nitrogens is 1. The van der Waals surface area contributed by atoms with Crippen LogP contribution >= 0.6 is 31.9 Å². The predicted octanol–water partition coefficient (Wildman–Crippen LogP) is 2.20. The predicted molar refractivity (Wildman–Crippen MR) is 55.6 cm³/mol. The van der Waals surface area contributed by atoms with E-state index in [1.54, 1.807) is 12.1 Å². The lowest BCUT2D eigenvalue weighted by atomic mass is 10.4. The van der Waals surface area contributed by atoms with E-state index in [4.69, 9.17) is 10.5 Å². The van der Waals surface area contributed by atoms with E-state index < -0.39 is 0 Å². The highest BCUT2D eigenvalue weighted by atomic mass is 79.9. The lowest BCUT2D eigenvalue weighted by Crippen LogP contribution is -2.02. The average Bonchev–Trinajstić information content (AvgIpc) is 2.03. The maximum absolute atomic E-state index is 5.58. The third-order valence-electron chi connectivity index (χ3n) is 1.19. The number of nitrogen functional groups attached to an aromatic ring is 1. The van der Waals surface area contributed by atoms with Crippen LogP contribution < -0.4 is 10.5 Å². The van der Waals surface area contributed by atoms with Crippen LogP contribution in [0.4, 0.5) is 5.82 Å². The van der Waals surface area contributed by atoms with Gasteiger partial charge in [0.15, 0.2) is 11.6 Å². The molecule has 0 aliphatic heterocycles. The molecule has 0 fully saturated rings. The molecular weight excluding hydrogens is 288 g/mol. The van der Waals surface area contributed by atoms with Crippen molar-refractivity contribution in [2.24, 2.45) is 0 Å². The van der Waals surface area contributed by atoms with Crippen molar-refractivity contribution in [2.75, 3.05) is 17.7 Å². The Kier molecular flexibility index (Phi) is 3.81. The molecule has 0 bridgehead atoms. The molecule has 3 nitrogen and oxygen atoms in total. The maximum atomic E-state index is 5.58. The van der Waals surface area contributed by atoms with Gasteiger partial charge in [0.05, 0.1) is 6.61 Å². The number of nitrogens with two attached hydrogens (primary N) is 1. The number of alkyl halides is 1. The molecule has 12 heavy (non-hydrogen) atoms. The van der Waals surface area contributed by atoms with Gasteiger partial charge in [0.25, 0.3) is 0 Å². The molecule has 0 amide bonds. The Morgan fingerprint density at radius 1 is 1.50 bits per heavy atom. The van der Waals surface area contributed by atoms with Crippen LogP contribution in [0.3, 0.4) is 0 Å². The first-order valence-electron chi connectivity index (χ1n) is 3.35. The standard InChI is InChI=1S/C7H8Br2N2O/c8-3-4-12-5-1-2-6(9)11-7(5)10/h1-2H,3-4H2,(H2,10,11). The van der Waals surface area contributed by atoms with E-state index in [2.05, 4.69) is 36.8 Å². The third kappa shape index (κ3) is 2.64. The molecule has 1 aromatic rings. The Labute approximate surface area is 87.6 Å². The number of hydrogen-bond acceptors (Lipinski definition) is 3. The lowest BCUT2D eigenvalue weighted by Gasteiger charge is -2.05. The van der Waals surface area contributed by atoms with Crippen LogP contribution in [0.2, 0.25) is 0 Å². The molecule has 0 saturated carbocycles. The molecule has 0 unspecified atom stereocenters. The Morgan fingerprint density at radius 3 is 2.83 bits per heavy atom. The zero-order valence-electron chi connectivity index (χ0n) is 6.26. The SMILES string of the molecule is Nc1nc(Br)ccc1OCCBr. The molecule has 0 radical (unpaired) electrons. The summed E-state index contributed by atoms with van der Waals surface area (Å²) in [7, 11) is 0. The number of halogens is 2. The van der Waals surface area contributed by atoms with Crippen molar-refractivity contribution >= 4 is 37.7 Å². The van der Waals surface area contributed by atoms with Gasteiger partial charge in [-0.3, -0.25) is 0 Å². The lowest BCUT2D eigenvalue weighted by molar-refractivity contribution is 0.345. The van der Waals surface area contributed by atoms with Gasteiger partial charge < -0.3 is 10.5 Å². The van der Waals surface area contributed by atoms with E-state index in [0.29, 0.717) is 22.8 Å². The first-order chi connectivity index (χ1) is 5.74. The Hall–Kier alpha value is -0.290. The van der Waals surface area contributed by atoms with Gasteiger partial charge in [0, 0.05) is 5.33 Å². The summed E-state index contributed by atoms with van der Waals surface area (Å²) in [6.45, 7) is 0.591. The molecular formula is C7H8Br2N2O. The van der Waals surface area contributed by atoms with Gasteiger partial charge >= 0.3 is 0 Å². The van der Waals surface area contributed by atoms with Crippen LogP contribution in [-0.2, 0) is 0 Å². The summed E-state index contributed by atoms with van der Waals surface area (Å²) in [4.78, 5) is 3.98. The van der Waals surface area contributed by atoms with E-state index >= 15 is 0 Å². The largest absolute Gasteiger partial charge is 0.489 e. The number of nitrogens with zero attached hydrogens (tertiary/aromatic N) is 1. The molecule has 0 aromatic carbocycles. The molecule has 0 aliphatic rings. The number of anilines is 1. The van der Waals surface area contributed by atoms with Crippen molar-refractivity contribution < 1.29 is 4.74 Å². The molecule has 66 valence electrons. The Bertz CT molecular complexity index is 268. The Balaban J connectivity index is 2.72. The zero-order valence-corrected chi connectivity index (χ0v) is 9.43. The second kappa shape index (κ2) is 4.67. The first kappa shape index (κ1) is 9.80. The van der Waals surface area contributed by atoms with Crippen LogP contribution in [0.1, 0.15) is 0 Å². The summed E-state index contributed by atoms with van der Waals surface area (Å²) in [5.74, 6) is 1.03. The number of pyridine rings is 1. The van der Waals surface area contributed by atoms with Crippen molar-refractivity contribution in [3.63, 3.8) is 0 Å². The van der Waals surface area contributed by atoms with Crippen molar-refractivity contribution in [2.45, 2.75) is 0 Å². The van der Waals surface area contributed by atoms with E-state index in [1.807, 2.05) is 0 Å². The van der Waals surface area contributed by atoms with Gasteiger partial charge in [-0.2, -0.15) is 0 Å². The highest BCUT2D eigenvalue weighted by Crippen LogP contribution is 2.21. The summed E-state index contributed by atoms with van der Waals surface area (Å²) in [5.41, 5.74) is 5.58. The fourth-order valence-electron chi connectivity index (χ4n) is 0.708. The van der Waals surface area contributed by atoms with Crippen molar-refractivity contribution in [3.8, 4) is 5.75 Å². The summed E-state index contributed by atoms with van der Waals surface area (Å²) in [5, 5.41) is 0.780. The third-order valence-corrected chi connectivity index (χ3v) is 1.95. The summed E-state index contributed by atoms with van der Waals surface area (Å²) >= 11 is 6.46. The van der Waals surface area contributed by atoms with Gasteiger partial charge in [-0.15, -0.1) is 0 Å². The van der Waals surface area contributed by atoms with Gasteiger partial charge in [0.2, 0.25) is 0 Å². The van der Waals surface area contributed by atoms with Crippen molar-refractivity contribution in [1.29, 1.82) is 0 Å². The molecule has 0 spiro atoms.